The summed E-state index contributed by atoms with van der Waals surface area (Å²) in [7, 11) is 0. The van der Waals surface area contributed by atoms with Crippen LogP contribution in [0.4, 0.5) is 5.82 Å². The van der Waals surface area contributed by atoms with Crippen LogP contribution < -0.4 is 5.32 Å². The summed E-state index contributed by atoms with van der Waals surface area (Å²) in [5, 5.41) is 3.14. The smallest absolute Gasteiger partial charge is 0.311 e. The zero-order valence-electron chi connectivity index (χ0n) is 9.69. The summed E-state index contributed by atoms with van der Waals surface area (Å²) in [5.41, 5.74) is 0.673. The summed E-state index contributed by atoms with van der Waals surface area (Å²) in [6.07, 6.45) is 2.67. The Morgan fingerprint density at radius 2 is 2.25 bits per heavy atom. The van der Waals surface area contributed by atoms with E-state index >= 15 is 0 Å². The molecule has 0 amide bonds. The SMILES string of the molecule is CCCNc1cc(CC(=O)OCC)ncn1. The topological polar surface area (TPSA) is 64.1 Å². The average Bonchev–Trinajstić information content (AvgIpc) is 2.27. The van der Waals surface area contributed by atoms with Crippen LogP contribution in [0.25, 0.3) is 0 Å². The highest BCUT2D eigenvalue weighted by Gasteiger charge is 2.06. The van der Waals surface area contributed by atoms with Crippen molar-refractivity contribution in [3.05, 3.63) is 18.1 Å². The molecule has 0 saturated carbocycles. The number of nitrogens with one attached hydrogen (secondary N) is 1. The predicted molar refractivity (Wildman–Crippen MR) is 61.1 cm³/mol. The number of hydrogen-bond acceptors (Lipinski definition) is 5. The lowest BCUT2D eigenvalue weighted by molar-refractivity contribution is -0.142. The van der Waals surface area contributed by atoms with Crippen LogP contribution in [0.5, 0.6) is 0 Å². The van der Waals surface area contributed by atoms with Crippen LogP contribution >= 0.6 is 0 Å². The van der Waals surface area contributed by atoms with Crippen LogP contribution in [-0.4, -0.2) is 29.1 Å². The van der Waals surface area contributed by atoms with Gasteiger partial charge >= 0.3 is 5.97 Å². The molecule has 5 nitrogen and oxygen atoms in total. The van der Waals surface area contributed by atoms with E-state index in [2.05, 4.69) is 22.2 Å². The lowest BCUT2D eigenvalue weighted by Crippen LogP contribution is -2.10. The molecule has 0 bridgehead atoms. The summed E-state index contributed by atoms with van der Waals surface area (Å²) in [5.74, 6) is 0.485. The van der Waals surface area contributed by atoms with Crippen molar-refractivity contribution >= 4 is 11.8 Å². The zero-order valence-corrected chi connectivity index (χ0v) is 9.69. The summed E-state index contributed by atoms with van der Waals surface area (Å²) < 4.78 is 4.85. The first-order valence-corrected chi connectivity index (χ1v) is 5.46. The van der Waals surface area contributed by atoms with Gasteiger partial charge in [-0.05, 0) is 13.3 Å². The number of rotatable bonds is 6. The Morgan fingerprint density at radius 1 is 1.44 bits per heavy atom. The highest BCUT2D eigenvalue weighted by molar-refractivity contribution is 5.72. The first-order chi connectivity index (χ1) is 7.76. The molecule has 1 N–H and O–H groups in total. The van der Waals surface area contributed by atoms with Crippen molar-refractivity contribution in [3.8, 4) is 0 Å². The van der Waals surface area contributed by atoms with E-state index in [1.165, 1.54) is 6.33 Å². The number of aromatic nitrogens is 2. The van der Waals surface area contributed by atoms with Crippen LogP contribution in [0.3, 0.4) is 0 Å². The van der Waals surface area contributed by atoms with Gasteiger partial charge in [0.2, 0.25) is 0 Å². The third-order valence-corrected chi connectivity index (χ3v) is 1.91. The van der Waals surface area contributed by atoms with Gasteiger partial charge in [0.25, 0.3) is 0 Å². The van der Waals surface area contributed by atoms with Crippen LogP contribution in [-0.2, 0) is 16.0 Å². The predicted octanol–water partition coefficient (Wildman–Crippen LogP) is 1.40. The van der Waals surface area contributed by atoms with Crippen LogP contribution in [0.1, 0.15) is 26.0 Å². The highest BCUT2D eigenvalue weighted by Crippen LogP contribution is 2.05. The molecule has 16 heavy (non-hydrogen) atoms. The summed E-state index contributed by atoms with van der Waals surface area (Å²) in [4.78, 5) is 19.3. The Balaban J connectivity index is 2.56. The Kier molecular flexibility index (Phi) is 5.25. The molecule has 1 heterocycles. The molecule has 0 aliphatic heterocycles. The first-order valence-electron chi connectivity index (χ1n) is 5.46. The fourth-order valence-electron chi connectivity index (χ4n) is 1.20. The molecule has 0 aromatic carbocycles. The van der Waals surface area contributed by atoms with Gasteiger partial charge < -0.3 is 10.1 Å². The molecule has 0 fully saturated rings. The Labute approximate surface area is 95.3 Å². The van der Waals surface area contributed by atoms with Crippen LogP contribution in [0, 0.1) is 0 Å². The van der Waals surface area contributed by atoms with Crippen molar-refractivity contribution in [1.82, 2.24) is 9.97 Å². The number of nitrogens with zero attached hydrogens (tertiary/aromatic N) is 2. The third-order valence-electron chi connectivity index (χ3n) is 1.91. The zero-order chi connectivity index (χ0) is 11.8. The number of hydrogen-bond donors (Lipinski definition) is 1. The van der Waals surface area contributed by atoms with E-state index in [-0.39, 0.29) is 12.4 Å². The second-order valence-electron chi connectivity index (χ2n) is 3.30. The highest BCUT2D eigenvalue weighted by atomic mass is 16.5. The minimum atomic E-state index is -0.261. The van der Waals surface area contributed by atoms with E-state index in [0.29, 0.717) is 12.3 Å². The minimum absolute atomic E-state index is 0.192. The second kappa shape index (κ2) is 6.76. The maximum Gasteiger partial charge on any atom is 0.311 e. The van der Waals surface area contributed by atoms with E-state index in [4.69, 9.17) is 4.74 Å². The molecule has 0 aliphatic carbocycles. The number of anilines is 1. The van der Waals surface area contributed by atoms with E-state index < -0.39 is 0 Å². The van der Waals surface area contributed by atoms with Gasteiger partial charge in [-0.3, -0.25) is 4.79 Å². The molecule has 0 spiro atoms. The molecule has 0 saturated heterocycles. The van der Waals surface area contributed by atoms with E-state index in [1.54, 1.807) is 13.0 Å². The van der Waals surface area contributed by atoms with Crippen molar-refractivity contribution in [3.63, 3.8) is 0 Å². The van der Waals surface area contributed by atoms with E-state index in [0.717, 1.165) is 18.8 Å². The van der Waals surface area contributed by atoms with Crippen molar-refractivity contribution < 1.29 is 9.53 Å². The van der Waals surface area contributed by atoms with Gasteiger partial charge in [-0.2, -0.15) is 0 Å². The van der Waals surface area contributed by atoms with Gasteiger partial charge in [-0.15, -0.1) is 0 Å². The fourth-order valence-corrected chi connectivity index (χ4v) is 1.20. The largest absolute Gasteiger partial charge is 0.466 e. The Hall–Kier alpha value is -1.65. The maximum atomic E-state index is 11.2. The monoisotopic (exact) mass is 223 g/mol. The van der Waals surface area contributed by atoms with Crippen molar-refractivity contribution in [2.75, 3.05) is 18.5 Å². The van der Waals surface area contributed by atoms with Crippen molar-refractivity contribution in [1.29, 1.82) is 0 Å². The molecule has 1 aromatic rings. The average molecular weight is 223 g/mol. The van der Waals surface area contributed by atoms with Crippen molar-refractivity contribution in [2.24, 2.45) is 0 Å². The molecular weight excluding hydrogens is 206 g/mol. The summed E-state index contributed by atoms with van der Waals surface area (Å²) in [6.45, 7) is 5.11. The quantitative estimate of drug-likeness (QED) is 0.738. The number of esters is 1. The van der Waals surface area contributed by atoms with Crippen LogP contribution in [0.15, 0.2) is 12.4 Å². The van der Waals surface area contributed by atoms with Gasteiger partial charge in [0.15, 0.2) is 0 Å². The maximum absolute atomic E-state index is 11.2. The summed E-state index contributed by atoms with van der Waals surface area (Å²) in [6, 6.07) is 1.77. The Morgan fingerprint density at radius 3 is 2.94 bits per heavy atom. The van der Waals surface area contributed by atoms with E-state index in [1.807, 2.05) is 0 Å². The molecular formula is C11H17N3O2. The summed E-state index contributed by atoms with van der Waals surface area (Å²) >= 11 is 0. The minimum Gasteiger partial charge on any atom is -0.466 e. The number of carbonyl (C=O) groups excluding carboxylic acids is 1. The van der Waals surface area contributed by atoms with Gasteiger partial charge in [0.1, 0.15) is 12.1 Å². The fraction of sp³-hybridized carbons (Fsp3) is 0.545. The van der Waals surface area contributed by atoms with Gasteiger partial charge in [-0.25, -0.2) is 9.97 Å². The second-order valence-corrected chi connectivity index (χ2v) is 3.30. The lowest BCUT2D eigenvalue weighted by atomic mass is 10.3. The molecule has 1 aromatic heterocycles. The molecule has 5 heteroatoms. The standard InChI is InChI=1S/C11H17N3O2/c1-3-5-12-10-6-9(13-8-14-10)7-11(15)16-4-2/h6,8H,3-5,7H2,1-2H3,(H,12,13,14). The Bertz CT molecular complexity index is 342. The lowest BCUT2D eigenvalue weighted by Gasteiger charge is -2.05. The molecule has 88 valence electrons. The van der Waals surface area contributed by atoms with Gasteiger partial charge in [-0.1, -0.05) is 6.92 Å². The normalized spacial score (nSPS) is 9.88. The van der Waals surface area contributed by atoms with Crippen LogP contribution in [0.2, 0.25) is 0 Å². The molecule has 0 unspecified atom stereocenters. The molecule has 0 radical (unpaired) electrons. The van der Waals surface area contributed by atoms with Crippen molar-refractivity contribution in [2.45, 2.75) is 26.7 Å². The number of carbonyl (C=O) groups is 1. The van der Waals surface area contributed by atoms with E-state index in [9.17, 15) is 4.79 Å². The van der Waals surface area contributed by atoms with Gasteiger partial charge in [0, 0.05) is 12.6 Å². The third kappa shape index (κ3) is 4.25. The first kappa shape index (κ1) is 12.4. The molecule has 0 atom stereocenters. The van der Waals surface area contributed by atoms with Gasteiger partial charge in [0.05, 0.1) is 18.7 Å². The molecule has 1 rings (SSSR count). The molecule has 0 aliphatic rings. The number of ether oxygens (including phenoxy) is 1.